The molecule has 2 rings (SSSR count). The van der Waals surface area contributed by atoms with Crippen molar-refractivity contribution in [2.45, 2.75) is 26.8 Å². The summed E-state index contributed by atoms with van der Waals surface area (Å²) in [6.07, 6.45) is 1.10. The SMILES string of the molecule is CCCNCc1ccc(-c2ccc(C)c(F)c2)cc1Cl. The maximum absolute atomic E-state index is 13.6. The number of hydrogen-bond acceptors (Lipinski definition) is 1. The Morgan fingerprint density at radius 2 is 1.80 bits per heavy atom. The van der Waals surface area contributed by atoms with Gasteiger partial charge in [0.05, 0.1) is 0 Å². The molecular formula is C17H19ClFN. The molecule has 2 aromatic carbocycles. The van der Waals surface area contributed by atoms with E-state index in [1.54, 1.807) is 19.1 Å². The quantitative estimate of drug-likeness (QED) is 0.768. The highest BCUT2D eigenvalue weighted by molar-refractivity contribution is 6.31. The van der Waals surface area contributed by atoms with Crippen molar-refractivity contribution >= 4 is 11.6 Å². The summed E-state index contributed by atoms with van der Waals surface area (Å²) in [7, 11) is 0. The molecule has 0 spiro atoms. The Morgan fingerprint density at radius 3 is 2.45 bits per heavy atom. The highest BCUT2D eigenvalue weighted by atomic mass is 35.5. The van der Waals surface area contributed by atoms with E-state index >= 15 is 0 Å². The Morgan fingerprint density at radius 1 is 1.10 bits per heavy atom. The fraction of sp³-hybridized carbons (Fsp3) is 0.294. The van der Waals surface area contributed by atoms with Gasteiger partial charge in [0.1, 0.15) is 5.82 Å². The van der Waals surface area contributed by atoms with Crippen LogP contribution in [0.4, 0.5) is 4.39 Å². The topological polar surface area (TPSA) is 12.0 Å². The Hall–Kier alpha value is -1.38. The van der Waals surface area contributed by atoms with Crippen molar-refractivity contribution in [3.63, 3.8) is 0 Å². The van der Waals surface area contributed by atoms with E-state index in [1.165, 1.54) is 0 Å². The van der Waals surface area contributed by atoms with Crippen molar-refractivity contribution in [1.29, 1.82) is 0 Å². The smallest absolute Gasteiger partial charge is 0.126 e. The van der Waals surface area contributed by atoms with E-state index in [1.807, 2.05) is 24.3 Å². The van der Waals surface area contributed by atoms with E-state index < -0.39 is 0 Å². The summed E-state index contributed by atoms with van der Waals surface area (Å²) in [5, 5.41) is 4.04. The van der Waals surface area contributed by atoms with Crippen LogP contribution in [0, 0.1) is 12.7 Å². The summed E-state index contributed by atoms with van der Waals surface area (Å²) in [6.45, 7) is 5.62. The zero-order valence-corrected chi connectivity index (χ0v) is 12.6. The molecule has 1 nitrogen and oxygen atoms in total. The van der Waals surface area contributed by atoms with E-state index in [9.17, 15) is 4.39 Å². The molecule has 0 saturated carbocycles. The largest absolute Gasteiger partial charge is 0.313 e. The lowest BCUT2D eigenvalue weighted by Gasteiger charge is -2.09. The second-order valence-corrected chi connectivity index (χ2v) is 5.35. The molecule has 0 aliphatic rings. The highest BCUT2D eigenvalue weighted by Gasteiger charge is 2.05. The van der Waals surface area contributed by atoms with E-state index in [0.717, 1.165) is 36.2 Å². The minimum atomic E-state index is -0.188. The van der Waals surface area contributed by atoms with Gasteiger partial charge < -0.3 is 5.32 Å². The van der Waals surface area contributed by atoms with E-state index in [0.29, 0.717) is 10.6 Å². The van der Waals surface area contributed by atoms with Gasteiger partial charge in [-0.25, -0.2) is 4.39 Å². The molecule has 1 N–H and O–H groups in total. The van der Waals surface area contributed by atoms with Gasteiger partial charge in [0.15, 0.2) is 0 Å². The van der Waals surface area contributed by atoms with Crippen molar-refractivity contribution in [2.24, 2.45) is 0 Å². The second kappa shape index (κ2) is 6.87. The maximum atomic E-state index is 13.6. The first kappa shape index (κ1) is 15.0. The van der Waals surface area contributed by atoms with Gasteiger partial charge in [-0.2, -0.15) is 0 Å². The molecule has 0 amide bonds. The number of aryl methyl sites for hydroxylation is 1. The molecular weight excluding hydrogens is 273 g/mol. The van der Waals surface area contributed by atoms with Crippen LogP contribution in [0.25, 0.3) is 11.1 Å². The predicted octanol–water partition coefficient (Wildman–Crippen LogP) is 4.95. The first-order valence-corrected chi connectivity index (χ1v) is 7.25. The van der Waals surface area contributed by atoms with Crippen molar-refractivity contribution in [3.05, 3.63) is 58.4 Å². The molecule has 0 aliphatic heterocycles. The summed E-state index contributed by atoms with van der Waals surface area (Å²) in [6, 6.07) is 11.1. The van der Waals surface area contributed by atoms with Gasteiger partial charge in [-0.3, -0.25) is 0 Å². The Kier molecular flexibility index (Phi) is 5.16. The number of nitrogens with one attached hydrogen (secondary N) is 1. The normalized spacial score (nSPS) is 10.8. The van der Waals surface area contributed by atoms with Gasteiger partial charge in [-0.1, -0.05) is 42.8 Å². The molecule has 3 heteroatoms. The lowest BCUT2D eigenvalue weighted by Crippen LogP contribution is -2.13. The van der Waals surface area contributed by atoms with Crippen LogP contribution >= 0.6 is 11.6 Å². The third-order valence-electron chi connectivity index (χ3n) is 3.30. The van der Waals surface area contributed by atoms with Crippen LogP contribution in [-0.2, 0) is 6.54 Å². The van der Waals surface area contributed by atoms with Crippen LogP contribution in [0.15, 0.2) is 36.4 Å². The lowest BCUT2D eigenvalue weighted by molar-refractivity contribution is 0.619. The van der Waals surface area contributed by atoms with Crippen molar-refractivity contribution in [1.82, 2.24) is 5.32 Å². The predicted molar refractivity (Wildman–Crippen MR) is 83.6 cm³/mol. The zero-order chi connectivity index (χ0) is 14.5. The fourth-order valence-electron chi connectivity index (χ4n) is 2.04. The molecule has 2 aromatic rings. The Labute approximate surface area is 124 Å². The molecule has 0 radical (unpaired) electrons. The van der Waals surface area contributed by atoms with Gasteiger partial charge >= 0.3 is 0 Å². The highest BCUT2D eigenvalue weighted by Crippen LogP contribution is 2.27. The van der Waals surface area contributed by atoms with E-state index in [4.69, 9.17) is 11.6 Å². The number of benzene rings is 2. The average molecular weight is 292 g/mol. The fourth-order valence-corrected chi connectivity index (χ4v) is 2.29. The van der Waals surface area contributed by atoms with Crippen LogP contribution in [0.5, 0.6) is 0 Å². The minimum Gasteiger partial charge on any atom is -0.313 e. The van der Waals surface area contributed by atoms with Crippen LogP contribution in [0.1, 0.15) is 24.5 Å². The van der Waals surface area contributed by atoms with Crippen LogP contribution in [0.3, 0.4) is 0 Å². The first-order valence-electron chi connectivity index (χ1n) is 6.87. The standard InChI is InChI=1S/C17H19ClFN/c1-3-8-20-11-15-7-6-13(9-16(15)18)14-5-4-12(2)17(19)10-14/h4-7,9-10,20H,3,8,11H2,1-2H3. The third-order valence-corrected chi connectivity index (χ3v) is 3.65. The summed E-state index contributed by atoms with van der Waals surface area (Å²) < 4.78 is 13.6. The number of rotatable bonds is 5. The molecule has 0 fully saturated rings. The summed E-state index contributed by atoms with van der Waals surface area (Å²) >= 11 is 6.30. The molecule has 0 saturated heterocycles. The van der Waals surface area contributed by atoms with E-state index in [2.05, 4.69) is 12.2 Å². The summed E-state index contributed by atoms with van der Waals surface area (Å²) in [4.78, 5) is 0. The Balaban J connectivity index is 2.21. The molecule has 0 aromatic heterocycles. The van der Waals surface area contributed by atoms with Gasteiger partial charge in [0, 0.05) is 11.6 Å². The number of hydrogen-bond donors (Lipinski definition) is 1. The average Bonchev–Trinajstić information content (AvgIpc) is 2.44. The molecule has 0 atom stereocenters. The number of halogens is 2. The third kappa shape index (κ3) is 3.59. The van der Waals surface area contributed by atoms with E-state index in [-0.39, 0.29) is 5.82 Å². The van der Waals surface area contributed by atoms with Gasteiger partial charge in [-0.15, -0.1) is 0 Å². The summed E-state index contributed by atoms with van der Waals surface area (Å²) in [5.74, 6) is -0.188. The molecule has 0 unspecified atom stereocenters. The van der Waals surface area contributed by atoms with Gasteiger partial charge in [-0.05, 0) is 54.3 Å². The molecule has 0 aliphatic carbocycles. The van der Waals surface area contributed by atoms with Crippen LogP contribution in [0.2, 0.25) is 5.02 Å². The van der Waals surface area contributed by atoms with Crippen LogP contribution < -0.4 is 5.32 Å². The monoisotopic (exact) mass is 291 g/mol. The molecule has 106 valence electrons. The molecule has 20 heavy (non-hydrogen) atoms. The minimum absolute atomic E-state index is 0.188. The second-order valence-electron chi connectivity index (χ2n) is 4.95. The zero-order valence-electron chi connectivity index (χ0n) is 11.8. The van der Waals surface area contributed by atoms with Crippen LogP contribution in [-0.4, -0.2) is 6.54 Å². The summed E-state index contributed by atoms with van der Waals surface area (Å²) in [5.41, 5.74) is 3.51. The van der Waals surface area contributed by atoms with Gasteiger partial charge in [0.25, 0.3) is 0 Å². The van der Waals surface area contributed by atoms with Crippen molar-refractivity contribution in [3.8, 4) is 11.1 Å². The molecule has 0 heterocycles. The first-order chi connectivity index (χ1) is 9.61. The Bertz CT molecular complexity index is 596. The van der Waals surface area contributed by atoms with Crippen molar-refractivity contribution < 1.29 is 4.39 Å². The lowest BCUT2D eigenvalue weighted by atomic mass is 10.0. The van der Waals surface area contributed by atoms with Crippen molar-refractivity contribution in [2.75, 3.05) is 6.54 Å². The van der Waals surface area contributed by atoms with Gasteiger partial charge in [0.2, 0.25) is 0 Å². The maximum Gasteiger partial charge on any atom is 0.126 e. The molecule has 0 bridgehead atoms.